The van der Waals surface area contributed by atoms with Gasteiger partial charge in [-0.1, -0.05) is 43.1 Å². The molecule has 0 bridgehead atoms. The van der Waals surface area contributed by atoms with Crippen molar-refractivity contribution in [2.24, 2.45) is 0 Å². The van der Waals surface area contributed by atoms with Gasteiger partial charge in [-0.2, -0.15) is 0 Å². The zero-order valence-corrected chi connectivity index (χ0v) is 22.9. The molecule has 2 aromatic heterocycles. The van der Waals surface area contributed by atoms with Gasteiger partial charge in [0, 0.05) is 21.8 Å². The van der Waals surface area contributed by atoms with E-state index in [2.05, 4.69) is 41.6 Å². The van der Waals surface area contributed by atoms with E-state index in [0.717, 1.165) is 23.1 Å². The predicted octanol–water partition coefficient (Wildman–Crippen LogP) is 8.70. The van der Waals surface area contributed by atoms with Gasteiger partial charge in [0.05, 0.1) is 5.02 Å². The van der Waals surface area contributed by atoms with Gasteiger partial charge < -0.3 is 14.2 Å². The molecule has 9 heteroatoms. The Balaban J connectivity index is 1.22. The summed E-state index contributed by atoms with van der Waals surface area (Å²) in [4.78, 5) is 17.3. The Kier molecular flexibility index (Phi) is 7.51. The number of anilines is 1. The van der Waals surface area contributed by atoms with E-state index in [4.69, 9.17) is 44.3 Å². The first-order valence-corrected chi connectivity index (χ1v) is 13.2. The minimum absolute atomic E-state index is 0.0953. The highest BCUT2D eigenvalue weighted by Crippen LogP contribution is 2.32. The molecule has 5 rings (SSSR count). The first kappa shape index (κ1) is 26.0. The summed E-state index contributed by atoms with van der Waals surface area (Å²) in [5, 5.41) is 6.68. The Morgan fingerprint density at radius 1 is 1.00 bits per heavy atom. The maximum absolute atomic E-state index is 12.6. The van der Waals surface area contributed by atoms with Crippen molar-refractivity contribution < 1.29 is 13.6 Å². The van der Waals surface area contributed by atoms with Crippen LogP contribution in [0, 0.1) is 0 Å². The fraction of sp³-hybridized carbons (Fsp3) is 0.138. The van der Waals surface area contributed by atoms with Gasteiger partial charge >= 0.3 is 0 Å². The van der Waals surface area contributed by atoms with E-state index in [0.29, 0.717) is 38.9 Å². The number of nitrogens with one attached hydrogen (secondary N) is 2. The number of benzene rings is 3. The summed E-state index contributed by atoms with van der Waals surface area (Å²) in [6.07, 6.45) is 1.06. The number of halogens is 2. The molecule has 0 aliphatic rings. The fourth-order valence-corrected chi connectivity index (χ4v) is 4.64. The van der Waals surface area contributed by atoms with Crippen LogP contribution in [0.3, 0.4) is 0 Å². The third kappa shape index (κ3) is 5.60. The number of nitrogens with zero attached hydrogens (tertiary/aromatic N) is 1. The number of furan rings is 1. The molecule has 1 amide bonds. The van der Waals surface area contributed by atoms with Crippen molar-refractivity contribution >= 4 is 63.2 Å². The van der Waals surface area contributed by atoms with Crippen molar-refractivity contribution in [2.75, 3.05) is 5.32 Å². The molecule has 5 aromatic rings. The average Bonchev–Trinajstić information content (AvgIpc) is 3.56. The van der Waals surface area contributed by atoms with Crippen LogP contribution in [0.5, 0.6) is 0 Å². The minimum Gasteiger partial charge on any atom is -0.451 e. The van der Waals surface area contributed by atoms with Crippen LogP contribution in [0.1, 0.15) is 42.3 Å². The molecule has 0 saturated heterocycles. The summed E-state index contributed by atoms with van der Waals surface area (Å²) in [7, 11) is 0. The van der Waals surface area contributed by atoms with Crippen molar-refractivity contribution in [3.63, 3.8) is 0 Å². The highest BCUT2D eigenvalue weighted by molar-refractivity contribution is 7.80. The van der Waals surface area contributed by atoms with Crippen LogP contribution in [0.2, 0.25) is 10.0 Å². The molecule has 38 heavy (non-hydrogen) atoms. The van der Waals surface area contributed by atoms with Gasteiger partial charge in [0.15, 0.2) is 16.5 Å². The molecule has 0 saturated carbocycles. The maximum atomic E-state index is 12.6. The molecule has 0 spiro atoms. The van der Waals surface area contributed by atoms with Gasteiger partial charge in [-0.3, -0.25) is 10.1 Å². The topological polar surface area (TPSA) is 80.3 Å². The number of aromatic nitrogens is 1. The van der Waals surface area contributed by atoms with Crippen molar-refractivity contribution in [3.8, 4) is 22.8 Å². The normalized spacial score (nSPS) is 11.9. The van der Waals surface area contributed by atoms with Crippen LogP contribution in [-0.4, -0.2) is 16.0 Å². The highest BCUT2D eigenvalue weighted by Gasteiger charge is 2.16. The second kappa shape index (κ2) is 11.0. The molecule has 192 valence electrons. The lowest BCUT2D eigenvalue weighted by Gasteiger charge is -2.09. The van der Waals surface area contributed by atoms with Crippen LogP contribution >= 0.6 is 35.4 Å². The van der Waals surface area contributed by atoms with E-state index in [9.17, 15) is 4.79 Å². The first-order valence-electron chi connectivity index (χ1n) is 12.0. The Morgan fingerprint density at radius 3 is 2.53 bits per heavy atom. The van der Waals surface area contributed by atoms with Crippen molar-refractivity contribution in [1.82, 2.24) is 10.3 Å². The second-order valence-electron chi connectivity index (χ2n) is 8.83. The fourth-order valence-electron chi connectivity index (χ4n) is 3.93. The number of amides is 1. The van der Waals surface area contributed by atoms with Gasteiger partial charge in [-0.25, -0.2) is 4.98 Å². The van der Waals surface area contributed by atoms with Crippen LogP contribution in [0.4, 0.5) is 5.69 Å². The number of fused-ring (bicyclic) bond motifs is 1. The lowest BCUT2D eigenvalue weighted by Crippen LogP contribution is -2.33. The van der Waals surface area contributed by atoms with E-state index in [1.807, 2.05) is 30.3 Å². The van der Waals surface area contributed by atoms with Gasteiger partial charge in [0.2, 0.25) is 5.89 Å². The highest BCUT2D eigenvalue weighted by atomic mass is 35.5. The molecule has 0 aliphatic heterocycles. The van der Waals surface area contributed by atoms with E-state index < -0.39 is 5.91 Å². The molecule has 1 atom stereocenters. The van der Waals surface area contributed by atoms with Gasteiger partial charge in [-0.15, -0.1) is 0 Å². The van der Waals surface area contributed by atoms with E-state index in [1.165, 1.54) is 5.56 Å². The summed E-state index contributed by atoms with van der Waals surface area (Å²) < 4.78 is 11.6. The van der Waals surface area contributed by atoms with E-state index in [-0.39, 0.29) is 10.9 Å². The Bertz CT molecular complexity index is 1640. The second-order valence-corrected chi connectivity index (χ2v) is 10.1. The van der Waals surface area contributed by atoms with Crippen LogP contribution in [-0.2, 0) is 0 Å². The van der Waals surface area contributed by atoms with Gasteiger partial charge in [0.1, 0.15) is 11.3 Å². The van der Waals surface area contributed by atoms with Crippen LogP contribution < -0.4 is 10.6 Å². The number of hydrogen-bond donors (Lipinski definition) is 2. The lowest BCUT2D eigenvalue weighted by atomic mass is 9.98. The van der Waals surface area contributed by atoms with E-state index >= 15 is 0 Å². The van der Waals surface area contributed by atoms with Crippen LogP contribution in [0.15, 0.2) is 81.6 Å². The number of oxazole rings is 1. The van der Waals surface area contributed by atoms with E-state index in [1.54, 1.807) is 30.3 Å². The third-order valence-corrected chi connectivity index (χ3v) is 6.99. The summed E-state index contributed by atoms with van der Waals surface area (Å²) in [5.74, 6) is 1.06. The Labute approximate surface area is 235 Å². The molecular formula is C29H23Cl2N3O3S. The van der Waals surface area contributed by atoms with Crippen molar-refractivity contribution in [2.45, 2.75) is 26.2 Å². The van der Waals surface area contributed by atoms with Crippen molar-refractivity contribution in [1.29, 1.82) is 0 Å². The molecule has 3 aromatic carbocycles. The Hall–Kier alpha value is -3.65. The quantitative estimate of drug-likeness (QED) is 0.201. The number of carbonyl (C=O) groups excluding carboxylic acids is 1. The number of carbonyl (C=O) groups is 1. The maximum Gasteiger partial charge on any atom is 0.293 e. The molecular weight excluding hydrogens is 541 g/mol. The molecule has 0 fully saturated rings. The average molecular weight is 564 g/mol. The van der Waals surface area contributed by atoms with Crippen LogP contribution in [0.25, 0.3) is 33.9 Å². The predicted molar refractivity (Wildman–Crippen MR) is 156 cm³/mol. The monoisotopic (exact) mass is 563 g/mol. The molecule has 0 aliphatic carbocycles. The zero-order chi connectivity index (χ0) is 26.8. The molecule has 0 radical (unpaired) electrons. The molecule has 2 N–H and O–H groups in total. The number of hydrogen-bond acceptors (Lipinski definition) is 5. The number of rotatable bonds is 6. The Morgan fingerprint density at radius 2 is 1.79 bits per heavy atom. The first-order chi connectivity index (χ1) is 18.3. The number of thiocarbonyl (C=S) groups is 1. The molecule has 6 nitrogen and oxygen atoms in total. The minimum atomic E-state index is -0.487. The summed E-state index contributed by atoms with van der Waals surface area (Å²) >= 11 is 17.5. The third-order valence-electron chi connectivity index (χ3n) is 6.24. The van der Waals surface area contributed by atoms with Gasteiger partial charge in [0.25, 0.3) is 5.91 Å². The summed E-state index contributed by atoms with van der Waals surface area (Å²) in [6.45, 7) is 4.37. The largest absolute Gasteiger partial charge is 0.451 e. The molecule has 0 unspecified atom stereocenters. The summed E-state index contributed by atoms with van der Waals surface area (Å²) in [6, 6.07) is 21.8. The SMILES string of the molecule is CC[C@H](C)c1ccc2oc(-c3ccc(NC(=S)NC(=O)c4ccc(-c5ccc(Cl)cc5Cl)o4)cc3)nc2c1. The zero-order valence-electron chi connectivity index (χ0n) is 20.5. The van der Waals surface area contributed by atoms with Gasteiger partial charge in [-0.05, 0) is 96.9 Å². The smallest absolute Gasteiger partial charge is 0.293 e. The summed E-state index contributed by atoms with van der Waals surface area (Å²) in [5.41, 5.74) is 4.99. The van der Waals surface area contributed by atoms with Crippen molar-refractivity contribution in [3.05, 3.63) is 94.2 Å². The lowest BCUT2D eigenvalue weighted by molar-refractivity contribution is 0.0951. The standard InChI is InChI=1S/C29H23Cl2N3O3S/c1-3-16(2)18-6-11-25-23(14-18)33-28(37-25)17-4-8-20(9-5-17)32-29(38)34-27(35)26-13-12-24(36-26)21-10-7-19(30)15-22(21)31/h4-16H,3H2,1-2H3,(H2,32,34,35,38)/t16-/m0/s1. The molecule has 2 heterocycles.